The summed E-state index contributed by atoms with van der Waals surface area (Å²) in [4.78, 5) is 20.9. The van der Waals surface area contributed by atoms with Crippen molar-refractivity contribution in [2.75, 3.05) is 5.32 Å². The van der Waals surface area contributed by atoms with Gasteiger partial charge in [0.1, 0.15) is 5.82 Å². The lowest BCUT2D eigenvalue weighted by Crippen LogP contribution is -2.09. The molecule has 0 fully saturated rings. The maximum atomic E-state index is 12.4. The van der Waals surface area contributed by atoms with Gasteiger partial charge >= 0.3 is 0 Å². The molecule has 1 aromatic carbocycles. The molecule has 0 unspecified atom stereocenters. The number of hydrogen-bond acceptors (Lipinski definition) is 5. The van der Waals surface area contributed by atoms with Crippen LogP contribution in [-0.2, 0) is 0 Å². The number of carbonyl (C=O) groups excluding carboxylic acids is 1. The first kappa shape index (κ1) is 13.9. The van der Waals surface area contributed by atoms with Crippen molar-refractivity contribution in [3.8, 4) is 0 Å². The number of anilines is 2. The van der Waals surface area contributed by atoms with Gasteiger partial charge in [-0.05, 0) is 13.8 Å². The third kappa shape index (κ3) is 3.01. The van der Waals surface area contributed by atoms with Crippen LogP contribution < -0.4 is 5.32 Å². The second-order valence-electron chi connectivity index (χ2n) is 4.97. The molecule has 6 nitrogen and oxygen atoms in total. The number of H-pyrrole nitrogens is 1. The van der Waals surface area contributed by atoms with Crippen LogP contribution in [0, 0.1) is 13.8 Å². The van der Waals surface area contributed by atoms with Crippen molar-refractivity contribution >= 4 is 17.4 Å². The zero-order chi connectivity index (χ0) is 15.5. The second-order valence-corrected chi connectivity index (χ2v) is 4.97. The third-order valence-electron chi connectivity index (χ3n) is 3.06. The highest BCUT2D eigenvalue weighted by Gasteiger charge is 2.14. The van der Waals surface area contributed by atoms with Gasteiger partial charge in [0.25, 0.3) is 0 Å². The molecule has 2 N–H and O–H groups in total. The summed E-state index contributed by atoms with van der Waals surface area (Å²) >= 11 is 0. The Morgan fingerprint density at radius 3 is 2.50 bits per heavy atom. The molecular weight excluding hydrogens is 278 g/mol. The molecule has 3 aromatic rings. The highest BCUT2D eigenvalue weighted by Crippen LogP contribution is 2.15. The predicted molar refractivity (Wildman–Crippen MR) is 83.3 cm³/mol. The normalized spacial score (nSPS) is 10.5. The van der Waals surface area contributed by atoms with Crippen molar-refractivity contribution < 1.29 is 4.79 Å². The molecule has 0 aliphatic heterocycles. The summed E-state index contributed by atoms with van der Waals surface area (Å²) in [5.41, 5.74) is 2.22. The van der Waals surface area contributed by atoms with Crippen LogP contribution in [0.25, 0.3) is 0 Å². The molecule has 0 aliphatic rings. The maximum Gasteiger partial charge on any atom is 0.230 e. The van der Waals surface area contributed by atoms with E-state index < -0.39 is 0 Å². The monoisotopic (exact) mass is 293 g/mol. The van der Waals surface area contributed by atoms with Crippen molar-refractivity contribution in [1.82, 2.24) is 20.2 Å². The molecule has 3 rings (SSSR count). The van der Waals surface area contributed by atoms with Crippen LogP contribution >= 0.6 is 0 Å². The minimum absolute atomic E-state index is 0.168. The summed E-state index contributed by atoms with van der Waals surface area (Å²) in [6, 6.07) is 12.6. The van der Waals surface area contributed by atoms with Crippen molar-refractivity contribution in [1.29, 1.82) is 0 Å². The van der Waals surface area contributed by atoms with E-state index in [4.69, 9.17) is 0 Å². The highest BCUT2D eigenvalue weighted by molar-refractivity contribution is 6.06. The smallest absolute Gasteiger partial charge is 0.230 e. The van der Waals surface area contributed by atoms with Gasteiger partial charge in [0.2, 0.25) is 11.6 Å². The Morgan fingerprint density at radius 1 is 1.05 bits per heavy atom. The molecule has 0 radical (unpaired) electrons. The number of aromatic amines is 1. The van der Waals surface area contributed by atoms with Crippen LogP contribution in [-0.4, -0.2) is 25.9 Å². The highest BCUT2D eigenvalue weighted by atomic mass is 16.1. The lowest BCUT2D eigenvalue weighted by atomic mass is 10.1. The average Bonchev–Trinajstić information content (AvgIpc) is 2.92. The molecule has 22 heavy (non-hydrogen) atoms. The van der Waals surface area contributed by atoms with E-state index in [1.807, 2.05) is 38.1 Å². The van der Waals surface area contributed by atoms with Gasteiger partial charge in [0, 0.05) is 29.1 Å². The van der Waals surface area contributed by atoms with E-state index in [1.165, 1.54) is 0 Å². The van der Waals surface area contributed by atoms with Crippen molar-refractivity contribution in [3.63, 3.8) is 0 Å². The maximum absolute atomic E-state index is 12.4. The topological polar surface area (TPSA) is 83.6 Å². The molecule has 0 amide bonds. The average molecular weight is 293 g/mol. The minimum Gasteiger partial charge on any atom is -0.323 e. The number of aryl methyl sites for hydroxylation is 2. The molecule has 0 aliphatic carbocycles. The number of ketones is 1. The number of nitrogens with zero attached hydrogens (tertiary/aromatic N) is 3. The fourth-order valence-electron chi connectivity index (χ4n) is 2.07. The minimum atomic E-state index is -0.203. The molecule has 6 heteroatoms. The first-order valence-corrected chi connectivity index (χ1v) is 6.86. The van der Waals surface area contributed by atoms with Gasteiger partial charge < -0.3 is 5.32 Å². The molecule has 0 atom stereocenters. The summed E-state index contributed by atoms with van der Waals surface area (Å²) in [5.74, 6) is 1.15. The van der Waals surface area contributed by atoms with E-state index in [1.54, 1.807) is 18.2 Å². The van der Waals surface area contributed by atoms with E-state index in [-0.39, 0.29) is 11.6 Å². The first-order chi connectivity index (χ1) is 10.6. The third-order valence-corrected chi connectivity index (χ3v) is 3.06. The van der Waals surface area contributed by atoms with Gasteiger partial charge in [-0.3, -0.25) is 9.89 Å². The number of carbonyl (C=O) groups is 1. The van der Waals surface area contributed by atoms with E-state index in [9.17, 15) is 4.79 Å². The van der Waals surface area contributed by atoms with Crippen LogP contribution in [0.4, 0.5) is 11.6 Å². The molecule has 110 valence electrons. The number of hydrogen-bond donors (Lipinski definition) is 2. The van der Waals surface area contributed by atoms with Gasteiger partial charge in [0.15, 0.2) is 5.82 Å². The Morgan fingerprint density at radius 2 is 1.82 bits per heavy atom. The van der Waals surface area contributed by atoms with E-state index in [2.05, 4.69) is 25.5 Å². The molecule has 0 saturated carbocycles. The lowest BCUT2D eigenvalue weighted by Gasteiger charge is -2.06. The van der Waals surface area contributed by atoms with Crippen LogP contribution in [0.3, 0.4) is 0 Å². The van der Waals surface area contributed by atoms with Gasteiger partial charge in [0.05, 0.1) is 0 Å². The van der Waals surface area contributed by atoms with Crippen LogP contribution in [0.5, 0.6) is 0 Å². The zero-order valence-electron chi connectivity index (χ0n) is 12.3. The Labute approximate surface area is 127 Å². The molecule has 0 saturated heterocycles. The summed E-state index contributed by atoms with van der Waals surface area (Å²) in [7, 11) is 0. The van der Waals surface area contributed by atoms with Gasteiger partial charge in [-0.15, -0.1) is 0 Å². The van der Waals surface area contributed by atoms with Crippen molar-refractivity contribution in [2.45, 2.75) is 13.8 Å². The van der Waals surface area contributed by atoms with Crippen molar-refractivity contribution in [2.24, 2.45) is 0 Å². The molecule has 2 aromatic heterocycles. The van der Waals surface area contributed by atoms with Crippen LogP contribution in [0.1, 0.15) is 27.6 Å². The number of nitrogens with one attached hydrogen (secondary N) is 2. The SMILES string of the molecule is Cc1cc(Nc2cc(C)[nH]n2)nc(C(=O)c2ccccc2)n1. The number of rotatable bonds is 4. The molecule has 2 heterocycles. The van der Waals surface area contributed by atoms with Gasteiger partial charge in [-0.2, -0.15) is 5.10 Å². The summed E-state index contributed by atoms with van der Waals surface area (Å²) in [6.45, 7) is 3.73. The number of aromatic nitrogens is 4. The quantitative estimate of drug-likeness (QED) is 0.723. The standard InChI is InChI=1S/C16H15N5O/c1-10-8-13(18-14-9-11(2)20-21-14)19-16(17-10)15(22)12-6-4-3-5-7-12/h3-9H,1-2H3,(H2,17,18,19,20,21). The summed E-state index contributed by atoms with van der Waals surface area (Å²) in [5, 5.41) is 10.0. The van der Waals surface area contributed by atoms with E-state index >= 15 is 0 Å². The number of benzene rings is 1. The van der Waals surface area contributed by atoms with Gasteiger partial charge in [-0.25, -0.2) is 9.97 Å². The Bertz CT molecular complexity index is 810. The zero-order valence-corrected chi connectivity index (χ0v) is 12.3. The first-order valence-electron chi connectivity index (χ1n) is 6.86. The van der Waals surface area contributed by atoms with E-state index in [0.717, 1.165) is 5.69 Å². The second kappa shape index (κ2) is 5.77. The Balaban J connectivity index is 1.91. The summed E-state index contributed by atoms with van der Waals surface area (Å²) in [6.07, 6.45) is 0. The lowest BCUT2D eigenvalue weighted by molar-refractivity contribution is 0.102. The predicted octanol–water partition coefficient (Wildman–Crippen LogP) is 2.79. The van der Waals surface area contributed by atoms with E-state index in [0.29, 0.717) is 22.9 Å². The Hall–Kier alpha value is -3.02. The fraction of sp³-hybridized carbons (Fsp3) is 0.125. The molecule has 0 bridgehead atoms. The van der Waals surface area contributed by atoms with Crippen LogP contribution in [0.2, 0.25) is 0 Å². The van der Waals surface area contributed by atoms with Crippen LogP contribution in [0.15, 0.2) is 42.5 Å². The largest absolute Gasteiger partial charge is 0.323 e. The summed E-state index contributed by atoms with van der Waals surface area (Å²) < 4.78 is 0. The Kier molecular flexibility index (Phi) is 3.65. The molecule has 0 spiro atoms. The van der Waals surface area contributed by atoms with Crippen molar-refractivity contribution in [3.05, 3.63) is 65.2 Å². The fourth-order valence-corrected chi connectivity index (χ4v) is 2.07. The van der Waals surface area contributed by atoms with Gasteiger partial charge in [-0.1, -0.05) is 30.3 Å². The molecular formula is C16H15N5O.